The predicted molar refractivity (Wildman–Crippen MR) is 95.7 cm³/mol. The molecule has 25 heavy (non-hydrogen) atoms. The summed E-state index contributed by atoms with van der Waals surface area (Å²) in [6.07, 6.45) is 5.54. The maximum Gasteiger partial charge on any atom is 0.232 e. The van der Waals surface area contributed by atoms with Gasteiger partial charge in [-0.05, 0) is 7.05 Å². The highest BCUT2D eigenvalue weighted by Crippen LogP contribution is 2.23. The smallest absolute Gasteiger partial charge is 0.232 e. The minimum atomic E-state index is 0. The highest BCUT2D eigenvalue weighted by molar-refractivity contribution is 7.13. The molecule has 1 atom stereocenters. The van der Waals surface area contributed by atoms with Crippen molar-refractivity contribution in [3.05, 3.63) is 41.4 Å². The molecule has 10 heteroatoms. The van der Waals surface area contributed by atoms with Crippen LogP contribution in [0, 0.1) is 0 Å². The van der Waals surface area contributed by atoms with Crippen molar-refractivity contribution in [3.63, 3.8) is 0 Å². The van der Waals surface area contributed by atoms with Crippen LogP contribution in [-0.4, -0.2) is 56.7 Å². The summed E-state index contributed by atoms with van der Waals surface area (Å²) in [4.78, 5) is 19.7. The first-order valence-electron chi connectivity index (χ1n) is 7.74. The van der Waals surface area contributed by atoms with Crippen LogP contribution in [0.5, 0.6) is 0 Å². The summed E-state index contributed by atoms with van der Waals surface area (Å²) in [5.74, 6) is 1.31. The van der Waals surface area contributed by atoms with Crippen LogP contribution in [0.25, 0.3) is 10.7 Å². The van der Waals surface area contributed by atoms with Crippen LogP contribution in [0.1, 0.15) is 23.5 Å². The van der Waals surface area contributed by atoms with Crippen molar-refractivity contribution in [1.82, 2.24) is 35.3 Å². The lowest BCUT2D eigenvalue weighted by Gasteiger charge is -2.30. The van der Waals surface area contributed by atoms with Crippen molar-refractivity contribution >= 4 is 23.7 Å². The molecule has 1 N–H and O–H groups in total. The average molecular weight is 380 g/mol. The first kappa shape index (κ1) is 17.9. The zero-order valence-electron chi connectivity index (χ0n) is 13.6. The lowest BCUT2D eigenvalue weighted by atomic mass is 10.2. The van der Waals surface area contributed by atoms with Crippen LogP contribution in [0.15, 0.2) is 28.5 Å². The number of hydrogen-bond acceptors (Lipinski definition) is 9. The summed E-state index contributed by atoms with van der Waals surface area (Å²) in [5.41, 5.74) is 1.67. The van der Waals surface area contributed by atoms with Crippen molar-refractivity contribution in [1.29, 1.82) is 0 Å². The van der Waals surface area contributed by atoms with Crippen LogP contribution >= 0.6 is 23.7 Å². The van der Waals surface area contributed by atoms with Crippen molar-refractivity contribution in [2.45, 2.75) is 12.5 Å². The molecule has 4 heterocycles. The van der Waals surface area contributed by atoms with Gasteiger partial charge in [0.05, 0.1) is 24.4 Å². The number of nitrogens with zero attached hydrogens (tertiary/aromatic N) is 6. The minimum Gasteiger partial charge on any atom is -0.339 e. The third-order valence-electron chi connectivity index (χ3n) is 3.96. The molecular weight excluding hydrogens is 362 g/mol. The van der Waals surface area contributed by atoms with E-state index in [0.717, 1.165) is 41.9 Å². The van der Waals surface area contributed by atoms with E-state index in [1.807, 2.05) is 5.38 Å². The molecule has 1 aliphatic rings. The predicted octanol–water partition coefficient (Wildman–Crippen LogP) is 1.57. The molecular formula is C15H18ClN7OS. The Morgan fingerprint density at radius 2 is 2.28 bits per heavy atom. The third-order valence-corrected chi connectivity index (χ3v) is 4.87. The molecule has 1 aliphatic heterocycles. The zero-order chi connectivity index (χ0) is 16.4. The van der Waals surface area contributed by atoms with Gasteiger partial charge in [-0.2, -0.15) is 4.98 Å². The summed E-state index contributed by atoms with van der Waals surface area (Å²) in [7, 11) is 2.08. The Bertz CT molecular complexity index is 809. The largest absolute Gasteiger partial charge is 0.339 e. The standard InChI is InChI=1S/C15H17N7OS.ClH/c1-22-5-4-17-8-12(22)14-20-13(23-21-14)6-10-9-24-15(19-10)11-7-16-2-3-18-11;/h2-3,7,9,12,17H,4-6,8H2,1H3;1H. The van der Waals surface area contributed by atoms with Gasteiger partial charge in [0.2, 0.25) is 5.89 Å². The van der Waals surface area contributed by atoms with E-state index < -0.39 is 0 Å². The topological polar surface area (TPSA) is 92.9 Å². The molecule has 0 bridgehead atoms. The molecule has 0 aromatic carbocycles. The zero-order valence-corrected chi connectivity index (χ0v) is 15.3. The van der Waals surface area contributed by atoms with Gasteiger partial charge in [0.15, 0.2) is 5.82 Å². The van der Waals surface area contributed by atoms with Gasteiger partial charge >= 0.3 is 0 Å². The second-order valence-corrected chi connectivity index (χ2v) is 6.52. The lowest BCUT2D eigenvalue weighted by Crippen LogP contribution is -2.44. The number of nitrogens with one attached hydrogen (secondary N) is 1. The molecule has 4 rings (SSSR count). The monoisotopic (exact) mass is 379 g/mol. The van der Waals surface area contributed by atoms with Crippen LogP contribution in [0.4, 0.5) is 0 Å². The summed E-state index contributed by atoms with van der Waals surface area (Å²) in [5, 5.41) is 10.3. The van der Waals surface area contributed by atoms with Gasteiger partial charge in [-0.1, -0.05) is 5.16 Å². The number of piperazine rings is 1. The van der Waals surface area contributed by atoms with Crippen molar-refractivity contribution in [2.75, 3.05) is 26.7 Å². The van der Waals surface area contributed by atoms with E-state index in [2.05, 4.69) is 42.4 Å². The van der Waals surface area contributed by atoms with E-state index in [-0.39, 0.29) is 18.4 Å². The highest BCUT2D eigenvalue weighted by Gasteiger charge is 2.25. The third kappa shape index (κ3) is 4.01. The molecule has 132 valence electrons. The number of hydrogen-bond donors (Lipinski definition) is 1. The van der Waals surface area contributed by atoms with Gasteiger partial charge < -0.3 is 9.84 Å². The number of aromatic nitrogens is 5. The van der Waals surface area contributed by atoms with E-state index in [1.54, 1.807) is 18.6 Å². The van der Waals surface area contributed by atoms with E-state index in [4.69, 9.17) is 4.52 Å². The maximum atomic E-state index is 5.41. The molecule has 3 aromatic heterocycles. The molecule has 1 fully saturated rings. The van der Waals surface area contributed by atoms with Gasteiger partial charge in [0.1, 0.15) is 10.7 Å². The number of halogens is 1. The average Bonchev–Trinajstić information content (AvgIpc) is 3.26. The molecule has 0 aliphatic carbocycles. The minimum absolute atomic E-state index is 0. The molecule has 1 saturated heterocycles. The second-order valence-electron chi connectivity index (χ2n) is 5.66. The molecule has 8 nitrogen and oxygen atoms in total. The Labute approximate surface area is 155 Å². The number of thiazole rings is 1. The van der Waals surface area contributed by atoms with Gasteiger partial charge in [-0.3, -0.25) is 14.9 Å². The molecule has 3 aromatic rings. The number of likely N-dealkylation sites (N-methyl/N-ethyl adjacent to an activating group) is 1. The Balaban J connectivity index is 0.00000182. The Morgan fingerprint density at radius 1 is 1.36 bits per heavy atom. The first-order chi connectivity index (χ1) is 11.8. The Hall–Kier alpha value is -1.94. The lowest BCUT2D eigenvalue weighted by molar-refractivity contribution is 0.190. The Morgan fingerprint density at radius 3 is 3.08 bits per heavy atom. The molecule has 0 spiro atoms. The van der Waals surface area contributed by atoms with Gasteiger partial charge in [-0.25, -0.2) is 4.98 Å². The molecule has 0 radical (unpaired) electrons. The van der Waals surface area contributed by atoms with E-state index in [1.165, 1.54) is 11.3 Å². The van der Waals surface area contributed by atoms with Gasteiger partial charge in [0, 0.05) is 37.4 Å². The van der Waals surface area contributed by atoms with Crippen LogP contribution < -0.4 is 5.32 Å². The van der Waals surface area contributed by atoms with Gasteiger partial charge in [0.25, 0.3) is 0 Å². The number of rotatable bonds is 4. The van der Waals surface area contributed by atoms with Gasteiger partial charge in [-0.15, -0.1) is 23.7 Å². The highest BCUT2D eigenvalue weighted by atomic mass is 35.5. The van der Waals surface area contributed by atoms with E-state index >= 15 is 0 Å². The van der Waals surface area contributed by atoms with Crippen LogP contribution in [-0.2, 0) is 6.42 Å². The summed E-state index contributed by atoms with van der Waals surface area (Å²) in [6.45, 7) is 2.80. The molecule has 0 saturated carbocycles. The summed E-state index contributed by atoms with van der Waals surface area (Å²) < 4.78 is 5.41. The second kappa shape index (κ2) is 7.96. The summed E-state index contributed by atoms with van der Waals surface area (Å²) >= 11 is 1.54. The van der Waals surface area contributed by atoms with Crippen LogP contribution in [0.3, 0.4) is 0 Å². The summed E-state index contributed by atoms with van der Waals surface area (Å²) in [6, 6.07) is 0.154. The first-order valence-corrected chi connectivity index (χ1v) is 8.62. The van der Waals surface area contributed by atoms with Crippen molar-refractivity contribution in [2.24, 2.45) is 0 Å². The molecule has 0 amide bonds. The quantitative estimate of drug-likeness (QED) is 0.730. The maximum absolute atomic E-state index is 5.41. The Kier molecular flexibility index (Phi) is 5.69. The van der Waals surface area contributed by atoms with Crippen molar-refractivity contribution < 1.29 is 4.52 Å². The normalized spacial score (nSPS) is 18.0. The SMILES string of the molecule is CN1CCNCC1c1noc(Cc2csc(-c3cnccn3)n2)n1.Cl. The van der Waals surface area contributed by atoms with E-state index in [0.29, 0.717) is 12.3 Å². The fourth-order valence-corrected chi connectivity index (χ4v) is 3.42. The van der Waals surface area contributed by atoms with Crippen molar-refractivity contribution in [3.8, 4) is 10.7 Å². The van der Waals surface area contributed by atoms with Crippen LogP contribution in [0.2, 0.25) is 0 Å². The fraction of sp³-hybridized carbons (Fsp3) is 0.400. The van der Waals surface area contributed by atoms with E-state index in [9.17, 15) is 0 Å². The fourth-order valence-electron chi connectivity index (χ4n) is 2.64. The molecule has 1 unspecified atom stereocenters.